The van der Waals surface area contributed by atoms with Gasteiger partial charge in [0.05, 0.1) is 21.8 Å². The van der Waals surface area contributed by atoms with E-state index in [1.165, 1.54) is 11.3 Å². The lowest BCUT2D eigenvalue weighted by Gasteiger charge is -2.29. The molecule has 1 N–H and O–H groups in total. The molecular formula is C25H23BrClN3O3S. The normalized spacial score (nSPS) is 15.8. The molecule has 0 bridgehead atoms. The minimum atomic E-state index is -0.639. The van der Waals surface area contributed by atoms with Crippen molar-refractivity contribution in [3.8, 4) is 5.75 Å². The summed E-state index contributed by atoms with van der Waals surface area (Å²) in [4.78, 5) is 34.1. The second-order valence-electron chi connectivity index (χ2n) is 7.81. The highest BCUT2D eigenvalue weighted by Crippen LogP contribution is 2.32. The molecule has 2 aromatic carbocycles. The summed E-state index contributed by atoms with van der Waals surface area (Å²) in [5, 5.41) is 10.8. The summed E-state index contributed by atoms with van der Waals surface area (Å²) in [6.07, 6.45) is 1.65. The van der Waals surface area contributed by atoms with Crippen LogP contribution in [0.4, 0.5) is 0 Å². The number of amides is 1. The SMILES string of the molecule is CCN(CC)C(=O)C1=C(C)N=c2s/c(=C/c3cc(Br)ccc3O)c(=O)n2[C@H]1c1ccc(Cl)cc1. The van der Waals surface area contributed by atoms with Gasteiger partial charge in [-0.3, -0.25) is 14.2 Å². The quantitative estimate of drug-likeness (QED) is 0.508. The molecule has 1 aliphatic rings. The van der Waals surface area contributed by atoms with Crippen molar-refractivity contribution >= 4 is 50.9 Å². The molecule has 0 spiro atoms. The largest absolute Gasteiger partial charge is 0.507 e. The van der Waals surface area contributed by atoms with Crippen LogP contribution in [0.2, 0.25) is 5.02 Å². The van der Waals surface area contributed by atoms with E-state index in [2.05, 4.69) is 20.9 Å². The van der Waals surface area contributed by atoms with Crippen molar-refractivity contribution in [1.82, 2.24) is 9.47 Å². The predicted octanol–water partition coefficient (Wildman–Crippen LogP) is 4.23. The van der Waals surface area contributed by atoms with Crippen LogP contribution in [0.1, 0.15) is 37.9 Å². The summed E-state index contributed by atoms with van der Waals surface area (Å²) in [5.41, 5.74) is 2.05. The number of fused-ring (bicyclic) bond motifs is 1. The van der Waals surface area contributed by atoms with Gasteiger partial charge in [0, 0.05) is 28.1 Å². The molecule has 0 saturated carbocycles. The second-order valence-corrected chi connectivity index (χ2v) is 10.2. The van der Waals surface area contributed by atoms with Crippen LogP contribution in [0.5, 0.6) is 5.75 Å². The Balaban J connectivity index is 1.98. The van der Waals surface area contributed by atoms with Crippen molar-refractivity contribution in [1.29, 1.82) is 0 Å². The van der Waals surface area contributed by atoms with E-state index < -0.39 is 6.04 Å². The van der Waals surface area contributed by atoms with Gasteiger partial charge >= 0.3 is 0 Å². The van der Waals surface area contributed by atoms with Gasteiger partial charge < -0.3 is 10.0 Å². The van der Waals surface area contributed by atoms with E-state index in [4.69, 9.17) is 11.6 Å². The summed E-state index contributed by atoms with van der Waals surface area (Å²) in [6, 6.07) is 11.6. The van der Waals surface area contributed by atoms with Crippen LogP contribution in [-0.4, -0.2) is 33.6 Å². The van der Waals surface area contributed by atoms with Crippen LogP contribution in [0, 0.1) is 0 Å². The number of carbonyl (C=O) groups excluding carboxylic acids is 1. The Kier molecular flexibility index (Phi) is 7.12. The fourth-order valence-corrected chi connectivity index (χ4v) is 5.56. The molecule has 9 heteroatoms. The van der Waals surface area contributed by atoms with E-state index in [0.717, 1.165) is 10.0 Å². The number of likely N-dealkylation sites (N-methyl/N-ethyl adjacent to an activating group) is 1. The fourth-order valence-electron chi connectivity index (χ4n) is 4.02. The number of phenols is 1. The molecule has 1 amide bonds. The molecule has 1 atom stereocenters. The van der Waals surface area contributed by atoms with Gasteiger partial charge in [0.25, 0.3) is 11.5 Å². The number of nitrogens with zero attached hydrogens (tertiary/aromatic N) is 3. The van der Waals surface area contributed by atoms with Gasteiger partial charge in [-0.15, -0.1) is 0 Å². The summed E-state index contributed by atoms with van der Waals surface area (Å²) in [5.74, 6) is -0.0815. The zero-order valence-electron chi connectivity index (χ0n) is 18.9. The van der Waals surface area contributed by atoms with Crippen molar-refractivity contribution in [2.75, 3.05) is 13.1 Å². The molecule has 6 nitrogen and oxygen atoms in total. The molecule has 0 saturated heterocycles. The minimum absolute atomic E-state index is 0.0665. The first-order valence-corrected chi connectivity index (χ1v) is 12.8. The lowest BCUT2D eigenvalue weighted by molar-refractivity contribution is -0.127. The van der Waals surface area contributed by atoms with Crippen LogP contribution in [0.25, 0.3) is 6.08 Å². The average Bonchev–Trinajstić information content (AvgIpc) is 3.11. The molecule has 0 fully saturated rings. The Hall–Kier alpha value is -2.68. The smallest absolute Gasteiger partial charge is 0.271 e. The Morgan fingerprint density at radius 1 is 1.24 bits per heavy atom. The average molecular weight is 561 g/mol. The number of halogens is 2. The van der Waals surface area contributed by atoms with Crippen molar-refractivity contribution < 1.29 is 9.90 Å². The summed E-state index contributed by atoms with van der Waals surface area (Å²) in [6.45, 7) is 6.75. The van der Waals surface area contributed by atoms with Crippen molar-refractivity contribution in [2.45, 2.75) is 26.8 Å². The number of phenolic OH excluding ortho intramolecular Hbond substituents is 1. The molecule has 2 heterocycles. The first-order chi connectivity index (χ1) is 16.2. The van der Waals surface area contributed by atoms with Crippen molar-refractivity contribution in [3.05, 3.63) is 94.0 Å². The van der Waals surface area contributed by atoms with E-state index in [1.807, 2.05) is 26.0 Å². The maximum Gasteiger partial charge on any atom is 0.271 e. The maximum absolute atomic E-state index is 13.7. The Labute approximate surface area is 214 Å². The van der Waals surface area contributed by atoms with Gasteiger partial charge in [-0.05, 0) is 62.7 Å². The van der Waals surface area contributed by atoms with E-state index in [0.29, 0.717) is 44.3 Å². The van der Waals surface area contributed by atoms with Gasteiger partial charge in [0.15, 0.2) is 4.80 Å². The number of rotatable bonds is 5. The highest BCUT2D eigenvalue weighted by molar-refractivity contribution is 9.10. The monoisotopic (exact) mass is 559 g/mol. The van der Waals surface area contributed by atoms with E-state index in [9.17, 15) is 14.7 Å². The molecule has 0 unspecified atom stereocenters. The lowest BCUT2D eigenvalue weighted by Crippen LogP contribution is -2.43. The molecule has 1 aromatic heterocycles. The molecule has 3 aromatic rings. The number of carbonyl (C=O) groups is 1. The van der Waals surface area contributed by atoms with Crippen LogP contribution in [0.15, 0.2) is 68.0 Å². The number of allylic oxidation sites excluding steroid dienone is 1. The molecule has 34 heavy (non-hydrogen) atoms. The van der Waals surface area contributed by atoms with E-state index in [-0.39, 0.29) is 17.2 Å². The molecule has 176 valence electrons. The Bertz CT molecular complexity index is 1470. The highest BCUT2D eigenvalue weighted by atomic mass is 79.9. The van der Waals surface area contributed by atoms with Crippen LogP contribution in [-0.2, 0) is 4.79 Å². The number of aromatic nitrogens is 1. The van der Waals surface area contributed by atoms with Gasteiger partial charge in [-0.25, -0.2) is 4.99 Å². The summed E-state index contributed by atoms with van der Waals surface area (Å²) < 4.78 is 2.76. The third kappa shape index (κ3) is 4.50. The number of hydrogen-bond acceptors (Lipinski definition) is 5. The van der Waals surface area contributed by atoms with Gasteiger partial charge in [0.2, 0.25) is 0 Å². The van der Waals surface area contributed by atoms with E-state index in [1.54, 1.807) is 52.8 Å². The maximum atomic E-state index is 13.7. The third-order valence-electron chi connectivity index (χ3n) is 5.76. The minimum Gasteiger partial charge on any atom is -0.507 e. The van der Waals surface area contributed by atoms with Crippen LogP contribution in [0.3, 0.4) is 0 Å². The van der Waals surface area contributed by atoms with Gasteiger partial charge in [-0.1, -0.05) is 51.0 Å². The topological polar surface area (TPSA) is 74.9 Å². The predicted molar refractivity (Wildman–Crippen MR) is 139 cm³/mol. The first-order valence-electron chi connectivity index (χ1n) is 10.8. The van der Waals surface area contributed by atoms with Gasteiger partial charge in [-0.2, -0.15) is 0 Å². The lowest BCUT2D eigenvalue weighted by atomic mass is 9.94. The molecule has 0 radical (unpaired) electrons. The van der Waals surface area contributed by atoms with Crippen molar-refractivity contribution in [2.24, 2.45) is 4.99 Å². The zero-order chi connectivity index (χ0) is 24.6. The molecule has 1 aliphatic heterocycles. The molecular weight excluding hydrogens is 538 g/mol. The Morgan fingerprint density at radius 3 is 2.56 bits per heavy atom. The number of aromatic hydroxyl groups is 1. The van der Waals surface area contributed by atoms with Crippen LogP contribution >= 0.6 is 38.9 Å². The zero-order valence-corrected chi connectivity index (χ0v) is 22.0. The van der Waals surface area contributed by atoms with E-state index >= 15 is 0 Å². The molecule has 4 rings (SSSR count). The highest BCUT2D eigenvalue weighted by Gasteiger charge is 2.34. The van der Waals surface area contributed by atoms with Crippen LogP contribution < -0.4 is 14.9 Å². The number of benzene rings is 2. The second kappa shape index (κ2) is 9.90. The molecule has 0 aliphatic carbocycles. The van der Waals surface area contributed by atoms with Gasteiger partial charge in [0.1, 0.15) is 5.75 Å². The van der Waals surface area contributed by atoms with Crippen molar-refractivity contribution in [3.63, 3.8) is 0 Å². The number of hydrogen-bond donors (Lipinski definition) is 1. The summed E-state index contributed by atoms with van der Waals surface area (Å²) >= 11 is 10.8. The Morgan fingerprint density at radius 2 is 1.91 bits per heavy atom. The fraction of sp³-hybridized carbons (Fsp3) is 0.240. The standard InChI is InChI=1S/C25H23BrClN3O3S/c1-4-29(5-2)24(33)21-14(3)28-25-30(22(21)15-6-9-18(27)10-7-15)23(32)20(34-25)13-16-12-17(26)8-11-19(16)31/h6-13,22,31H,4-5H2,1-3H3/b20-13+/t22-/m0/s1. The summed E-state index contributed by atoms with van der Waals surface area (Å²) in [7, 11) is 0. The third-order valence-corrected chi connectivity index (χ3v) is 7.49. The first kappa shape index (κ1) is 24.4. The number of thiazole rings is 1.